The van der Waals surface area contributed by atoms with Gasteiger partial charge in [-0.05, 0) is 31.7 Å². The topological polar surface area (TPSA) is 84.1 Å². The Labute approximate surface area is 105 Å². The summed E-state index contributed by atoms with van der Waals surface area (Å²) < 4.78 is 5.05. The van der Waals surface area contributed by atoms with Gasteiger partial charge in [-0.2, -0.15) is 5.10 Å². The number of carbonyl (C=O) groups excluding carboxylic acids is 1. The molecule has 1 aromatic rings. The van der Waals surface area contributed by atoms with Gasteiger partial charge in [-0.3, -0.25) is 9.59 Å². The van der Waals surface area contributed by atoms with Crippen LogP contribution in [0.15, 0.2) is 10.9 Å². The van der Waals surface area contributed by atoms with E-state index in [0.29, 0.717) is 13.0 Å². The van der Waals surface area contributed by atoms with E-state index >= 15 is 0 Å². The number of ether oxygens (including phenoxy) is 1. The number of aryl methyl sites for hydroxylation is 1. The Bertz CT molecular complexity index is 484. The molecule has 0 bridgehead atoms. The highest BCUT2D eigenvalue weighted by atomic mass is 16.5. The number of carbonyl (C=O) groups is 1. The molecule has 1 amide bonds. The summed E-state index contributed by atoms with van der Waals surface area (Å²) in [5.41, 5.74) is 1.65. The first-order chi connectivity index (χ1) is 8.69. The molecular formula is C12H17N3O3. The van der Waals surface area contributed by atoms with Crippen LogP contribution in [0.25, 0.3) is 0 Å². The molecule has 0 saturated carbocycles. The normalized spacial score (nSPS) is 18.2. The van der Waals surface area contributed by atoms with Crippen LogP contribution >= 0.6 is 0 Å². The first kappa shape index (κ1) is 12.8. The van der Waals surface area contributed by atoms with Crippen LogP contribution in [0.1, 0.15) is 24.6 Å². The maximum absolute atomic E-state index is 11.5. The molecule has 0 aromatic carbocycles. The summed E-state index contributed by atoms with van der Waals surface area (Å²) >= 11 is 0. The third-order valence-electron chi connectivity index (χ3n) is 2.98. The van der Waals surface area contributed by atoms with Gasteiger partial charge in [0.05, 0.1) is 5.69 Å². The summed E-state index contributed by atoms with van der Waals surface area (Å²) in [5.74, 6) is -0.108. The molecule has 2 rings (SSSR count). The van der Waals surface area contributed by atoms with Crippen LogP contribution < -0.4 is 10.9 Å². The lowest BCUT2D eigenvalue weighted by atomic mass is 9.92. The van der Waals surface area contributed by atoms with Crippen LogP contribution in [0, 0.1) is 0 Å². The summed E-state index contributed by atoms with van der Waals surface area (Å²) in [5, 5.41) is 9.35. The fraction of sp³-hybridized carbons (Fsp3) is 0.583. The van der Waals surface area contributed by atoms with Crippen LogP contribution in [0.5, 0.6) is 0 Å². The minimum Gasteiger partial charge on any atom is -0.372 e. The third-order valence-corrected chi connectivity index (χ3v) is 2.98. The Kier molecular flexibility index (Phi) is 4.09. The van der Waals surface area contributed by atoms with Crippen molar-refractivity contribution in [2.24, 2.45) is 0 Å². The predicted molar refractivity (Wildman–Crippen MR) is 65.3 cm³/mol. The Balaban J connectivity index is 1.95. The van der Waals surface area contributed by atoms with Crippen LogP contribution in [-0.4, -0.2) is 35.4 Å². The number of H-pyrrole nitrogens is 1. The van der Waals surface area contributed by atoms with E-state index < -0.39 is 0 Å². The zero-order valence-corrected chi connectivity index (χ0v) is 10.4. The molecule has 1 aromatic heterocycles. The average Bonchev–Trinajstić information content (AvgIpc) is 2.36. The van der Waals surface area contributed by atoms with Gasteiger partial charge in [-0.15, -0.1) is 0 Å². The number of fused-ring (bicyclic) bond motifs is 1. The molecule has 6 heteroatoms. The molecule has 1 unspecified atom stereocenters. The molecule has 1 atom stereocenters. The van der Waals surface area contributed by atoms with Crippen molar-refractivity contribution in [2.75, 3.05) is 13.2 Å². The number of aromatic nitrogens is 2. The minimum atomic E-state index is -0.199. The number of hydrogen-bond donors (Lipinski definition) is 2. The Morgan fingerprint density at radius 3 is 3.28 bits per heavy atom. The first-order valence-electron chi connectivity index (χ1n) is 6.13. The SMILES string of the molecule is CCOCC(=O)NC1CCc2n[nH]c(=O)cc2C1. The van der Waals surface area contributed by atoms with Crippen molar-refractivity contribution in [3.8, 4) is 0 Å². The van der Waals surface area contributed by atoms with Crippen LogP contribution in [0.2, 0.25) is 0 Å². The average molecular weight is 251 g/mol. The highest BCUT2D eigenvalue weighted by Crippen LogP contribution is 2.17. The van der Waals surface area contributed by atoms with Crippen LogP contribution in [-0.2, 0) is 22.4 Å². The fourth-order valence-corrected chi connectivity index (χ4v) is 2.13. The minimum absolute atomic E-state index is 0.0639. The Morgan fingerprint density at radius 1 is 1.67 bits per heavy atom. The largest absolute Gasteiger partial charge is 0.372 e. The van der Waals surface area contributed by atoms with E-state index in [1.54, 1.807) is 6.07 Å². The molecule has 1 heterocycles. The second-order valence-corrected chi connectivity index (χ2v) is 4.35. The number of nitrogens with zero attached hydrogens (tertiary/aromatic N) is 1. The number of nitrogens with one attached hydrogen (secondary N) is 2. The number of hydrogen-bond acceptors (Lipinski definition) is 4. The van der Waals surface area contributed by atoms with Gasteiger partial charge in [0.2, 0.25) is 5.91 Å². The molecule has 0 fully saturated rings. The zero-order chi connectivity index (χ0) is 13.0. The van der Waals surface area contributed by atoms with Gasteiger partial charge in [0.1, 0.15) is 6.61 Å². The van der Waals surface area contributed by atoms with Gasteiger partial charge >= 0.3 is 0 Å². The molecule has 18 heavy (non-hydrogen) atoms. The summed E-state index contributed by atoms with van der Waals surface area (Å²) in [7, 11) is 0. The lowest BCUT2D eigenvalue weighted by Crippen LogP contribution is -2.41. The molecule has 98 valence electrons. The standard InChI is InChI=1S/C12H17N3O3/c1-2-18-7-12(17)13-9-3-4-10-8(5-9)6-11(16)15-14-10/h6,9H,2-5,7H2,1H3,(H,13,17)(H,15,16). The lowest BCUT2D eigenvalue weighted by molar-refractivity contribution is -0.126. The summed E-state index contributed by atoms with van der Waals surface area (Å²) in [6.45, 7) is 2.47. The van der Waals surface area contributed by atoms with Crippen molar-refractivity contribution in [1.82, 2.24) is 15.5 Å². The van der Waals surface area contributed by atoms with E-state index in [1.807, 2.05) is 6.92 Å². The number of amides is 1. The van der Waals surface area contributed by atoms with E-state index in [1.165, 1.54) is 0 Å². The molecule has 1 aliphatic rings. The molecule has 0 radical (unpaired) electrons. The predicted octanol–water partition coefficient (Wildman–Crippen LogP) is -0.220. The van der Waals surface area contributed by atoms with Crippen LogP contribution in [0.4, 0.5) is 0 Å². The van der Waals surface area contributed by atoms with Gasteiger partial charge in [-0.25, -0.2) is 5.10 Å². The summed E-state index contributed by atoms with van der Waals surface area (Å²) in [4.78, 5) is 22.7. The van der Waals surface area contributed by atoms with Crippen molar-refractivity contribution in [3.05, 3.63) is 27.7 Å². The summed E-state index contributed by atoms with van der Waals surface area (Å²) in [6.07, 6.45) is 2.26. The van der Waals surface area contributed by atoms with Crippen molar-refractivity contribution in [1.29, 1.82) is 0 Å². The highest BCUT2D eigenvalue weighted by molar-refractivity contribution is 5.77. The quantitative estimate of drug-likeness (QED) is 0.775. The van der Waals surface area contributed by atoms with E-state index in [2.05, 4.69) is 15.5 Å². The highest BCUT2D eigenvalue weighted by Gasteiger charge is 2.21. The molecule has 0 aliphatic heterocycles. The smallest absolute Gasteiger partial charge is 0.264 e. The molecule has 1 aliphatic carbocycles. The van der Waals surface area contributed by atoms with Crippen molar-refractivity contribution < 1.29 is 9.53 Å². The monoisotopic (exact) mass is 251 g/mol. The van der Waals surface area contributed by atoms with Gasteiger partial charge in [-0.1, -0.05) is 0 Å². The summed E-state index contributed by atoms with van der Waals surface area (Å²) in [6, 6.07) is 1.62. The lowest BCUT2D eigenvalue weighted by Gasteiger charge is -2.24. The van der Waals surface area contributed by atoms with E-state index in [4.69, 9.17) is 4.74 Å². The van der Waals surface area contributed by atoms with E-state index in [0.717, 1.165) is 24.1 Å². The van der Waals surface area contributed by atoms with Crippen molar-refractivity contribution >= 4 is 5.91 Å². The zero-order valence-electron chi connectivity index (χ0n) is 10.4. The first-order valence-corrected chi connectivity index (χ1v) is 6.13. The molecule has 6 nitrogen and oxygen atoms in total. The molecule has 0 spiro atoms. The van der Waals surface area contributed by atoms with Crippen LogP contribution in [0.3, 0.4) is 0 Å². The van der Waals surface area contributed by atoms with E-state index in [-0.39, 0.29) is 24.1 Å². The maximum atomic E-state index is 11.5. The van der Waals surface area contributed by atoms with Gasteiger partial charge in [0, 0.05) is 18.7 Å². The number of rotatable bonds is 4. The Hall–Kier alpha value is -1.69. The fourth-order valence-electron chi connectivity index (χ4n) is 2.13. The van der Waals surface area contributed by atoms with Gasteiger partial charge in [0.25, 0.3) is 5.56 Å². The Morgan fingerprint density at radius 2 is 2.50 bits per heavy atom. The van der Waals surface area contributed by atoms with Gasteiger partial charge in [0.15, 0.2) is 0 Å². The second kappa shape index (κ2) is 5.77. The third kappa shape index (κ3) is 3.16. The van der Waals surface area contributed by atoms with E-state index in [9.17, 15) is 9.59 Å². The van der Waals surface area contributed by atoms with Crippen molar-refractivity contribution in [3.63, 3.8) is 0 Å². The molecule has 0 saturated heterocycles. The molecular weight excluding hydrogens is 234 g/mol. The molecule has 2 N–H and O–H groups in total. The number of aromatic amines is 1. The maximum Gasteiger partial charge on any atom is 0.264 e. The second-order valence-electron chi connectivity index (χ2n) is 4.35. The van der Waals surface area contributed by atoms with Gasteiger partial charge < -0.3 is 10.1 Å². The van der Waals surface area contributed by atoms with Crippen molar-refractivity contribution in [2.45, 2.75) is 32.2 Å².